The summed E-state index contributed by atoms with van der Waals surface area (Å²) in [5.74, 6) is 1.60. The van der Waals surface area contributed by atoms with Gasteiger partial charge in [-0.25, -0.2) is 4.98 Å². The molecule has 2 nitrogen and oxygen atoms in total. The SMILES string of the molecule is CCCC1CCC(c2nc(C)c(C(C)O)s2)CC1. The van der Waals surface area contributed by atoms with E-state index in [1.807, 2.05) is 13.8 Å². The standard InChI is InChI=1S/C15H25NOS/c1-4-5-12-6-8-13(9-7-12)15-16-10(2)14(18-15)11(3)17/h11-13,17H,4-9H2,1-3H3. The summed E-state index contributed by atoms with van der Waals surface area (Å²) in [4.78, 5) is 5.74. The zero-order chi connectivity index (χ0) is 13.1. The largest absolute Gasteiger partial charge is 0.388 e. The van der Waals surface area contributed by atoms with Crippen molar-refractivity contribution in [2.24, 2.45) is 5.92 Å². The molecule has 1 aliphatic rings. The number of hydrogen-bond donors (Lipinski definition) is 1. The third-order valence-corrected chi connectivity index (χ3v) is 5.61. The van der Waals surface area contributed by atoms with Gasteiger partial charge in [0.2, 0.25) is 0 Å². The van der Waals surface area contributed by atoms with E-state index in [0.29, 0.717) is 5.92 Å². The predicted octanol–water partition coefficient (Wildman–Crippen LogP) is 4.58. The van der Waals surface area contributed by atoms with Gasteiger partial charge in [-0.2, -0.15) is 0 Å². The molecule has 1 saturated carbocycles. The van der Waals surface area contributed by atoms with Crippen LogP contribution in [0.2, 0.25) is 0 Å². The smallest absolute Gasteiger partial charge is 0.0962 e. The molecule has 3 heteroatoms. The second-order valence-corrected chi connectivity index (χ2v) is 6.75. The Balaban J connectivity index is 1.99. The van der Waals surface area contributed by atoms with Crippen molar-refractivity contribution in [1.29, 1.82) is 0 Å². The van der Waals surface area contributed by atoms with Gasteiger partial charge in [0.25, 0.3) is 0 Å². The van der Waals surface area contributed by atoms with Gasteiger partial charge in [-0.1, -0.05) is 19.8 Å². The zero-order valence-electron chi connectivity index (χ0n) is 11.8. The number of aromatic nitrogens is 1. The van der Waals surface area contributed by atoms with Gasteiger partial charge in [-0.05, 0) is 45.4 Å². The monoisotopic (exact) mass is 267 g/mol. The molecule has 1 aliphatic carbocycles. The van der Waals surface area contributed by atoms with E-state index in [1.54, 1.807) is 11.3 Å². The van der Waals surface area contributed by atoms with Crippen LogP contribution in [0.15, 0.2) is 0 Å². The molecule has 18 heavy (non-hydrogen) atoms. The number of thiazole rings is 1. The average molecular weight is 267 g/mol. The van der Waals surface area contributed by atoms with E-state index in [1.165, 1.54) is 43.5 Å². The van der Waals surface area contributed by atoms with Crippen LogP contribution in [0.1, 0.15) is 80.0 Å². The Labute approximate surface area is 114 Å². The highest BCUT2D eigenvalue weighted by Crippen LogP contribution is 2.40. The van der Waals surface area contributed by atoms with Crippen molar-refractivity contribution in [3.8, 4) is 0 Å². The minimum Gasteiger partial charge on any atom is -0.388 e. The van der Waals surface area contributed by atoms with E-state index in [9.17, 15) is 5.11 Å². The summed E-state index contributed by atoms with van der Waals surface area (Å²) in [6, 6.07) is 0. The third-order valence-electron chi connectivity index (χ3n) is 4.12. The number of hydrogen-bond acceptors (Lipinski definition) is 3. The van der Waals surface area contributed by atoms with E-state index in [0.717, 1.165) is 16.5 Å². The number of aryl methyl sites for hydroxylation is 1. The predicted molar refractivity (Wildman–Crippen MR) is 77.1 cm³/mol. The van der Waals surface area contributed by atoms with Crippen molar-refractivity contribution in [2.45, 2.75) is 71.3 Å². The first-order chi connectivity index (χ1) is 8.61. The molecule has 0 bridgehead atoms. The molecule has 1 unspecified atom stereocenters. The van der Waals surface area contributed by atoms with Gasteiger partial charge in [0, 0.05) is 5.92 Å². The fraction of sp³-hybridized carbons (Fsp3) is 0.800. The fourth-order valence-electron chi connectivity index (χ4n) is 3.10. The van der Waals surface area contributed by atoms with Gasteiger partial charge in [-0.15, -0.1) is 11.3 Å². The zero-order valence-corrected chi connectivity index (χ0v) is 12.6. The summed E-state index contributed by atoms with van der Waals surface area (Å²) in [6.07, 6.45) is 7.64. The van der Waals surface area contributed by atoms with Gasteiger partial charge in [0.05, 0.1) is 21.7 Å². The minimum atomic E-state index is -0.368. The first-order valence-corrected chi connectivity index (χ1v) is 8.08. The van der Waals surface area contributed by atoms with E-state index >= 15 is 0 Å². The van der Waals surface area contributed by atoms with Crippen molar-refractivity contribution in [1.82, 2.24) is 4.98 Å². The number of nitrogens with zero attached hydrogens (tertiary/aromatic N) is 1. The summed E-state index contributed by atoms with van der Waals surface area (Å²) >= 11 is 1.73. The molecule has 102 valence electrons. The van der Waals surface area contributed by atoms with Crippen LogP contribution in [0.4, 0.5) is 0 Å². The molecule has 2 rings (SSSR count). The molecule has 0 spiro atoms. The molecular formula is C15H25NOS. The van der Waals surface area contributed by atoms with E-state index in [4.69, 9.17) is 0 Å². The highest BCUT2D eigenvalue weighted by atomic mass is 32.1. The average Bonchev–Trinajstić information content (AvgIpc) is 2.73. The molecule has 0 aromatic carbocycles. The quantitative estimate of drug-likeness (QED) is 0.866. The molecule has 0 saturated heterocycles. The number of aliphatic hydroxyl groups excluding tert-OH is 1. The number of rotatable bonds is 4. The summed E-state index contributed by atoms with van der Waals surface area (Å²) in [5, 5.41) is 11.0. The highest BCUT2D eigenvalue weighted by Gasteiger charge is 2.25. The summed E-state index contributed by atoms with van der Waals surface area (Å²) < 4.78 is 0. The van der Waals surface area contributed by atoms with Crippen LogP contribution in [-0.2, 0) is 0 Å². The Bertz CT molecular complexity index is 378. The lowest BCUT2D eigenvalue weighted by atomic mass is 9.80. The molecule has 0 radical (unpaired) electrons. The van der Waals surface area contributed by atoms with Gasteiger partial charge in [-0.3, -0.25) is 0 Å². The Morgan fingerprint density at radius 2 is 2.00 bits per heavy atom. The van der Waals surface area contributed by atoms with Crippen LogP contribution in [0.5, 0.6) is 0 Å². The molecule has 1 fully saturated rings. The maximum absolute atomic E-state index is 9.70. The van der Waals surface area contributed by atoms with E-state index in [-0.39, 0.29) is 6.10 Å². The van der Waals surface area contributed by atoms with Crippen molar-refractivity contribution >= 4 is 11.3 Å². The third kappa shape index (κ3) is 3.12. The number of aliphatic hydroxyl groups is 1. The van der Waals surface area contributed by atoms with Gasteiger partial charge in [0.1, 0.15) is 0 Å². The lowest BCUT2D eigenvalue weighted by Gasteiger charge is -2.27. The first kappa shape index (κ1) is 14.0. The van der Waals surface area contributed by atoms with Crippen LogP contribution >= 0.6 is 11.3 Å². The molecule has 1 N–H and O–H groups in total. The Morgan fingerprint density at radius 1 is 1.33 bits per heavy atom. The van der Waals surface area contributed by atoms with Crippen molar-refractivity contribution in [3.05, 3.63) is 15.6 Å². The van der Waals surface area contributed by atoms with Crippen LogP contribution in [0.25, 0.3) is 0 Å². The first-order valence-electron chi connectivity index (χ1n) is 7.27. The van der Waals surface area contributed by atoms with Crippen LogP contribution in [0.3, 0.4) is 0 Å². The Kier molecular flexibility index (Phi) is 4.79. The maximum Gasteiger partial charge on any atom is 0.0962 e. The van der Waals surface area contributed by atoms with Crippen molar-refractivity contribution in [3.63, 3.8) is 0 Å². The molecule has 1 aromatic heterocycles. The van der Waals surface area contributed by atoms with Crippen LogP contribution in [0, 0.1) is 12.8 Å². The maximum atomic E-state index is 9.70. The molecule has 0 amide bonds. The second-order valence-electron chi connectivity index (χ2n) is 5.68. The normalized spacial score (nSPS) is 26.2. The summed E-state index contributed by atoms with van der Waals surface area (Å²) in [6.45, 7) is 6.14. The molecular weight excluding hydrogens is 242 g/mol. The van der Waals surface area contributed by atoms with Crippen molar-refractivity contribution in [2.75, 3.05) is 0 Å². The minimum absolute atomic E-state index is 0.368. The van der Waals surface area contributed by atoms with Gasteiger partial charge in [0.15, 0.2) is 0 Å². The fourth-order valence-corrected chi connectivity index (χ4v) is 4.27. The lowest BCUT2D eigenvalue weighted by molar-refractivity contribution is 0.202. The summed E-state index contributed by atoms with van der Waals surface area (Å²) in [7, 11) is 0. The second kappa shape index (κ2) is 6.16. The topological polar surface area (TPSA) is 33.1 Å². The van der Waals surface area contributed by atoms with Crippen molar-refractivity contribution < 1.29 is 5.11 Å². The Morgan fingerprint density at radius 3 is 2.50 bits per heavy atom. The Hall–Kier alpha value is -0.410. The molecule has 0 aliphatic heterocycles. The van der Waals surface area contributed by atoms with Crippen LogP contribution < -0.4 is 0 Å². The highest BCUT2D eigenvalue weighted by molar-refractivity contribution is 7.11. The molecule has 1 atom stereocenters. The lowest BCUT2D eigenvalue weighted by Crippen LogP contribution is -2.13. The molecule has 1 heterocycles. The summed E-state index contributed by atoms with van der Waals surface area (Å²) in [5.41, 5.74) is 1.03. The van der Waals surface area contributed by atoms with E-state index in [2.05, 4.69) is 11.9 Å². The van der Waals surface area contributed by atoms with Gasteiger partial charge < -0.3 is 5.11 Å². The van der Waals surface area contributed by atoms with E-state index < -0.39 is 0 Å². The molecule has 1 aromatic rings. The van der Waals surface area contributed by atoms with Crippen LogP contribution in [-0.4, -0.2) is 10.1 Å². The van der Waals surface area contributed by atoms with Gasteiger partial charge >= 0.3 is 0 Å².